The van der Waals surface area contributed by atoms with Crippen molar-refractivity contribution in [2.45, 2.75) is 58.9 Å². The molecule has 1 aliphatic heterocycles. The zero-order valence-corrected chi connectivity index (χ0v) is 21.7. The van der Waals surface area contributed by atoms with E-state index in [-0.39, 0.29) is 11.7 Å². The molecule has 0 saturated carbocycles. The fourth-order valence-electron chi connectivity index (χ4n) is 4.71. The van der Waals surface area contributed by atoms with E-state index in [1.807, 2.05) is 17.0 Å². The molecular formula is C28H44N4O2. The van der Waals surface area contributed by atoms with Crippen LogP contribution in [0.1, 0.15) is 68.8 Å². The first kappa shape index (κ1) is 26.3. The van der Waals surface area contributed by atoms with Gasteiger partial charge in [-0.3, -0.25) is 4.79 Å². The average molecular weight is 469 g/mol. The van der Waals surface area contributed by atoms with Crippen LogP contribution in [0.15, 0.2) is 41.6 Å². The number of benzene rings is 1. The van der Waals surface area contributed by atoms with Crippen LogP contribution in [0.5, 0.6) is 5.75 Å². The molecule has 1 aliphatic carbocycles. The van der Waals surface area contributed by atoms with Crippen molar-refractivity contribution in [2.75, 3.05) is 46.3 Å². The van der Waals surface area contributed by atoms with E-state index in [1.165, 1.54) is 11.3 Å². The highest BCUT2D eigenvalue weighted by molar-refractivity contribution is 5.97. The van der Waals surface area contributed by atoms with Gasteiger partial charge < -0.3 is 25.5 Å². The summed E-state index contributed by atoms with van der Waals surface area (Å²) < 4.78 is 0. The summed E-state index contributed by atoms with van der Waals surface area (Å²) in [6.45, 7) is 14.1. The maximum Gasteiger partial charge on any atom is 0.257 e. The Morgan fingerprint density at radius 3 is 2.76 bits per heavy atom. The monoisotopic (exact) mass is 468 g/mol. The third-order valence-electron chi connectivity index (χ3n) is 7.29. The molecule has 1 aromatic rings. The molecule has 1 fully saturated rings. The smallest absolute Gasteiger partial charge is 0.257 e. The summed E-state index contributed by atoms with van der Waals surface area (Å²) in [5.74, 6) is 0.689. The number of phenols is 1. The number of nitrogens with one attached hydrogen (secondary N) is 2. The summed E-state index contributed by atoms with van der Waals surface area (Å²) in [6.07, 6.45) is 7.67. The Bertz CT molecular complexity index is 892. The predicted octanol–water partition coefficient (Wildman–Crippen LogP) is 4.10. The number of hydrogen-bond donors (Lipinski definition) is 3. The van der Waals surface area contributed by atoms with Crippen LogP contribution < -0.4 is 10.6 Å². The predicted molar refractivity (Wildman–Crippen MR) is 140 cm³/mol. The molecule has 0 aromatic heterocycles. The number of amides is 1. The van der Waals surface area contributed by atoms with Gasteiger partial charge in [-0.1, -0.05) is 39.8 Å². The first-order chi connectivity index (χ1) is 16.3. The maximum atomic E-state index is 13.2. The summed E-state index contributed by atoms with van der Waals surface area (Å²) in [4.78, 5) is 17.4. The number of fused-ring (bicyclic) bond motifs is 1. The van der Waals surface area contributed by atoms with E-state index in [2.05, 4.69) is 62.4 Å². The van der Waals surface area contributed by atoms with Gasteiger partial charge in [0.05, 0.1) is 5.56 Å². The minimum atomic E-state index is -0.0737. The molecule has 3 N–H and O–H groups in total. The van der Waals surface area contributed by atoms with Crippen molar-refractivity contribution in [1.29, 1.82) is 0 Å². The molecule has 2 unspecified atom stereocenters. The van der Waals surface area contributed by atoms with Gasteiger partial charge in [-0.05, 0) is 68.1 Å². The summed E-state index contributed by atoms with van der Waals surface area (Å²) in [7, 11) is 2.16. The Kier molecular flexibility index (Phi) is 9.60. The van der Waals surface area contributed by atoms with Crippen molar-refractivity contribution >= 4 is 5.91 Å². The lowest BCUT2D eigenvalue weighted by molar-refractivity contribution is 0.0786. The Morgan fingerprint density at radius 2 is 2.06 bits per heavy atom. The Morgan fingerprint density at radius 1 is 1.26 bits per heavy atom. The second kappa shape index (κ2) is 12.4. The molecule has 188 valence electrons. The van der Waals surface area contributed by atoms with Gasteiger partial charge in [-0.25, -0.2) is 0 Å². The molecule has 2 atom stereocenters. The number of phenolic OH excluding ortho intramolecular Hbond substituents is 1. The highest BCUT2D eigenvalue weighted by atomic mass is 16.3. The second-order valence-corrected chi connectivity index (χ2v) is 10.1. The summed E-state index contributed by atoms with van der Waals surface area (Å²) in [6, 6.07) is 5.92. The maximum absolute atomic E-state index is 13.2. The topological polar surface area (TPSA) is 67.8 Å². The van der Waals surface area contributed by atoms with Crippen molar-refractivity contribution in [3.63, 3.8) is 0 Å². The van der Waals surface area contributed by atoms with Crippen LogP contribution in [0.4, 0.5) is 0 Å². The first-order valence-electron chi connectivity index (χ1n) is 13.0. The molecule has 34 heavy (non-hydrogen) atoms. The van der Waals surface area contributed by atoms with Crippen LogP contribution in [-0.4, -0.2) is 73.2 Å². The molecule has 2 aliphatic rings. The standard InChI is InChI=1S/C28H44N4O2/c1-6-24(30-14-15-31(5)7-2)12-13-29-25-10-8-22-18-32(19-23(22)16-25)28(34)26-17-21(20(3)4)9-11-27(26)33/h9-11,16-17,20,22,24,29-30,33H,6-8,12-15,18-19H2,1-5H3. The summed E-state index contributed by atoms with van der Waals surface area (Å²) in [5, 5.41) is 17.6. The number of carbonyl (C=O) groups is 1. The molecule has 0 bridgehead atoms. The molecule has 0 spiro atoms. The number of hydrogen-bond acceptors (Lipinski definition) is 5. The zero-order chi connectivity index (χ0) is 24.7. The molecule has 6 nitrogen and oxygen atoms in total. The van der Waals surface area contributed by atoms with E-state index in [9.17, 15) is 9.90 Å². The van der Waals surface area contributed by atoms with Crippen molar-refractivity contribution in [2.24, 2.45) is 5.92 Å². The lowest BCUT2D eigenvalue weighted by Crippen LogP contribution is -2.37. The number of likely N-dealkylation sites (N-methyl/N-ethyl adjacent to an activating group) is 1. The SMILES string of the molecule is CCC(CCNC1=CCC2CN(C(=O)c3cc(C(C)C)ccc3O)CC2=C1)NCCN(C)CC. The Hall–Kier alpha value is -2.31. The van der Waals surface area contributed by atoms with Crippen LogP contribution >= 0.6 is 0 Å². The largest absolute Gasteiger partial charge is 0.507 e. The third-order valence-corrected chi connectivity index (χ3v) is 7.29. The van der Waals surface area contributed by atoms with Gasteiger partial charge in [0.15, 0.2) is 0 Å². The van der Waals surface area contributed by atoms with Gasteiger partial charge in [0.1, 0.15) is 5.75 Å². The number of nitrogens with zero attached hydrogens (tertiary/aromatic N) is 2. The number of allylic oxidation sites excluding steroid dienone is 2. The number of likely N-dealkylation sites (tertiary alicyclic amines) is 1. The molecule has 0 radical (unpaired) electrons. The molecular weight excluding hydrogens is 424 g/mol. The van der Waals surface area contributed by atoms with Crippen molar-refractivity contribution in [3.8, 4) is 5.75 Å². The van der Waals surface area contributed by atoms with Crippen LogP contribution in [0.2, 0.25) is 0 Å². The van der Waals surface area contributed by atoms with Crippen LogP contribution in [0.3, 0.4) is 0 Å². The summed E-state index contributed by atoms with van der Waals surface area (Å²) in [5.41, 5.74) is 3.97. The minimum absolute atomic E-state index is 0.0687. The average Bonchev–Trinajstić information content (AvgIpc) is 3.26. The lowest BCUT2D eigenvalue weighted by atomic mass is 9.93. The van der Waals surface area contributed by atoms with E-state index >= 15 is 0 Å². The van der Waals surface area contributed by atoms with Gasteiger partial charge in [-0.2, -0.15) is 0 Å². The van der Waals surface area contributed by atoms with Gasteiger partial charge in [0.2, 0.25) is 0 Å². The van der Waals surface area contributed by atoms with Gasteiger partial charge in [-0.15, -0.1) is 0 Å². The molecule has 1 heterocycles. The summed E-state index contributed by atoms with van der Waals surface area (Å²) >= 11 is 0. The minimum Gasteiger partial charge on any atom is -0.507 e. The van der Waals surface area contributed by atoms with Crippen LogP contribution in [-0.2, 0) is 0 Å². The Labute approximate surface area is 206 Å². The van der Waals surface area contributed by atoms with Crippen LogP contribution in [0, 0.1) is 5.92 Å². The second-order valence-electron chi connectivity index (χ2n) is 10.1. The molecule has 1 amide bonds. The lowest BCUT2D eigenvalue weighted by Gasteiger charge is -2.21. The van der Waals surface area contributed by atoms with Gasteiger partial charge >= 0.3 is 0 Å². The number of rotatable bonds is 12. The fourth-order valence-corrected chi connectivity index (χ4v) is 4.71. The third kappa shape index (κ3) is 6.86. The highest BCUT2D eigenvalue weighted by Crippen LogP contribution is 2.33. The number of carbonyl (C=O) groups excluding carboxylic acids is 1. The molecule has 1 aromatic carbocycles. The quantitative estimate of drug-likeness (QED) is 0.431. The van der Waals surface area contributed by atoms with E-state index in [1.54, 1.807) is 6.07 Å². The molecule has 3 rings (SSSR count). The highest BCUT2D eigenvalue weighted by Gasteiger charge is 2.33. The van der Waals surface area contributed by atoms with Gasteiger partial charge in [0, 0.05) is 50.4 Å². The Balaban J connectivity index is 1.51. The fraction of sp³-hybridized carbons (Fsp3) is 0.607. The van der Waals surface area contributed by atoms with E-state index in [4.69, 9.17) is 0 Å². The first-order valence-corrected chi connectivity index (χ1v) is 13.0. The van der Waals surface area contributed by atoms with Crippen LogP contribution in [0.25, 0.3) is 0 Å². The normalized spacial score (nSPS) is 18.7. The van der Waals surface area contributed by atoms with E-state index < -0.39 is 0 Å². The van der Waals surface area contributed by atoms with E-state index in [0.29, 0.717) is 36.5 Å². The zero-order valence-electron chi connectivity index (χ0n) is 21.7. The molecule has 1 saturated heterocycles. The van der Waals surface area contributed by atoms with E-state index in [0.717, 1.165) is 51.0 Å². The van der Waals surface area contributed by atoms with Gasteiger partial charge in [0.25, 0.3) is 5.91 Å². The van der Waals surface area contributed by atoms with Crippen molar-refractivity contribution < 1.29 is 9.90 Å². The van der Waals surface area contributed by atoms with Crippen molar-refractivity contribution in [3.05, 3.63) is 52.7 Å². The van der Waals surface area contributed by atoms with Crippen molar-refractivity contribution in [1.82, 2.24) is 20.4 Å². The number of aromatic hydroxyl groups is 1. The molecule has 6 heteroatoms.